The lowest BCUT2D eigenvalue weighted by molar-refractivity contribution is 0.937. The number of nitrogens with zero attached hydrogens (tertiary/aromatic N) is 1. The van der Waals surface area contributed by atoms with E-state index in [0.29, 0.717) is 0 Å². The number of hydrogen-bond donors (Lipinski definition) is 1. The molecule has 1 aromatic heterocycles. The van der Waals surface area contributed by atoms with Crippen LogP contribution in [-0.2, 0) is 6.42 Å². The van der Waals surface area contributed by atoms with Crippen molar-refractivity contribution in [1.82, 2.24) is 10.3 Å². The van der Waals surface area contributed by atoms with Crippen LogP contribution in [0.5, 0.6) is 0 Å². The van der Waals surface area contributed by atoms with Crippen LogP contribution in [0.1, 0.15) is 5.01 Å². The van der Waals surface area contributed by atoms with E-state index in [1.807, 2.05) is 12.4 Å². The van der Waals surface area contributed by atoms with Gasteiger partial charge in [-0.2, -0.15) is 0 Å². The summed E-state index contributed by atoms with van der Waals surface area (Å²) in [7, 11) is 1.89. The van der Waals surface area contributed by atoms with Gasteiger partial charge in [-0.1, -0.05) is 11.8 Å². The van der Waals surface area contributed by atoms with E-state index in [1.54, 1.807) is 17.5 Å². The van der Waals surface area contributed by atoms with E-state index in [2.05, 4.69) is 22.1 Å². The molecule has 0 spiro atoms. The monoisotopic (exact) mass is 166 g/mol. The highest BCUT2D eigenvalue weighted by Crippen LogP contribution is 2.02. The molecule has 3 heteroatoms. The maximum Gasteiger partial charge on any atom is 0.104 e. The van der Waals surface area contributed by atoms with Gasteiger partial charge in [-0.3, -0.25) is 0 Å². The average Bonchev–Trinajstić information content (AvgIpc) is 2.50. The van der Waals surface area contributed by atoms with Gasteiger partial charge in [0.2, 0.25) is 0 Å². The van der Waals surface area contributed by atoms with Crippen LogP contribution in [0.2, 0.25) is 0 Å². The standard InChI is InChI=1S/C8H10N2S/c1-9-5-3-2-4-8-10-6-7-11-8/h6-7,9H,4-5H2,1H3. The van der Waals surface area contributed by atoms with Crippen molar-refractivity contribution in [2.75, 3.05) is 13.6 Å². The number of nitrogens with one attached hydrogen (secondary N) is 1. The quantitative estimate of drug-likeness (QED) is 0.660. The first-order valence-corrected chi connectivity index (χ1v) is 4.30. The molecule has 58 valence electrons. The molecule has 0 unspecified atom stereocenters. The van der Waals surface area contributed by atoms with E-state index in [-0.39, 0.29) is 0 Å². The molecule has 0 aliphatic heterocycles. The SMILES string of the molecule is CNCC#CCc1nccs1. The van der Waals surface area contributed by atoms with Crippen LogP contribution in [0.25, 0.3) is 0 Å². The van der Waals surface area contributed by atoms with Crippen LogP contribution in [0.4, 0.5) is 0 Å². The molecule has 0 saturated carbocycles. The third-order valence-electron chi connectivity index (χ3n) is 1.11. The van der Waals surface area contributed by atoms with Gasteiger partial charge in [0.15, 0.2) is 0 Å². The van der Waals surface area contributed by atoms with Crippen LogP contribution in [0.3, 0.4) is 0 Å². The smallest absolute Gasteiger partial charge is 0.104 e. The fourth-order valence-electron chi connectivity index (χ4n) is 0.629. The van der Waals surface area contributed by atoms with Gasteiger partial charge in [-0.15, -0.1) is 11.3 Å². The first-order valence-electron chi connectivity index (χ1n) is 3.42. The van der Waals surface area contributed by atoms with Gasteiger partial charge in [0.25, 0.3) is 0 Å². The molecule has 11 heavy (non-hydrogen) atoms. The summed E-state index contributed by atoms with van der Waals surface area (Å²) in [5.41, 5.74) is 0. The van der Waals surface area contributed by atoms with Crippen LogP contribution in [0, 0.1) is 11.8 Å². The summed E-state index contributed by atoms with van der Waals surface area (Å²) in [6.45, 7) is 0.755. The summed E-state index contributed by atoms with van der Waals surface area (Å²) >= 11 is 1.65. The molecule has 2 nitrogen and oxygen atoms in total. The van der Waals surface area contributed by atoms with E-state index in [4.69, 9.17) is 0 Å². The molecule has 1 heterocycles. The highest BCUT2D eigenvalue weighted by molar-refractivity contribution is 7.09. The Morgan fingerprint density at radius 2 is 2.55 bits per heavy atom. The zero-order valence-electron chi connectivity index (χ0n) is 6.42. The van der Waals surface area contributed by atoms with E-state index in [1.165, 1.54) is 0 Å². The van der Waals surface area contributed by atoms with Gasteiger partial charge in [0.05, 0.1) is 13.0 Å². The average molecular weight is 166 g/mol. The zero-order chi connectivity index (χ0) is 7.94. The normalized spacial score (nSPS) is 8.82. The Bertz CT molecular complexity index is 243. The predicted octanol–water partition coefficient (Wildman–Crippen LogP) is 0.908. The molecule has 0 saturated heterocycles. The van der Waals surface area contributed by atoms with Crippen LogP contribution in [0.15, 0.2) is 11.6 Å². The van der Waals surface area contributed by atoms with Gasteiger partial charge >= 0.3 is 0 Å². The molecule has 0 aliphatic rings. The lowest BCUT2D eigenvalue weighted by Crippen LogP contribution is -2.04. The molecule has 0 amide bonds. The molecule has 0 aromatic carbocycles. The molecule has 1 aromatic rings. The summed E-state index contributed by atoms with van der Waals surface area (Å²) in [5, 5.41) is 6.02. The molecule has 1 rings (SSSR count). The van der Waals surface area contributed by atoms with Crippen molar-refractivity contribution >= 4 is 11.3 Å². The lowest BCUT2D eigenvalue weighted by atomic mass is 10.4. The molecular weight excluding hydrogens is 156 g/mol. The van der Waals surface area contributed by atoms with Crippen LogP contribution < -0.4 is 5.32 Å². The first kappa shape index (κ1) is 8.25. The van der Waals surface area contributed by atoms with Gasteiger partial charge < -0.3 is 5.32 Å². The molecular formula is C8H10N2S. The Hall–Kier alpha value is -0.850. The third-order valence-corrected chi connectivity index (χ3v) is 1.89. The van der Waals surface area contributed by atoms with E-state index >= 15 is 0 Å². The molecule has 1 N–H and O–H groups in total. The number of aromatic nitrogens is 1. The molecule has 0 atom stereocenters. The van der Waals surface area contributed by atoms with Gasteiger partial charge in [-0.05, 0) is 7.05 Å². The lowest BCUT2D eigenvalue weighted by Gasteiger charge is -1.83. The maximum absolute atomic E-state index is 4.11. The Morgan fingerprint density at radius 1 is 1.64 bits per heavy atom. The van der Waals surface area contributed by atoms with Gasteiger partial charge in [-0.25, -0.2) is 4.98 Å². The van der Waals surface area contributed by atoms with Crippen molar-refractivity contribution in [3.63, 3.8) is 0 Å². The maximum atomic E-state index is 4.11. The fraction of sp³-hybridized carbons (Fsp3) is 0.375. The summed E-state index contributed by atoms with van der Waals surface area (Å²) in [4.78, 5) is 4.11. The van der Waals surface area contributed by atoms with Crippen molar-refractivity contribution in [2.45, 2.75) is 6.42 Å². The number of hydrogen-bond acceptors (Lipinski definition) is 3. The van der Waals surface area contributed by atoms with Crippen LogP contribution in [-0.4, -0.2) is 18.6 Å². The van der Waals surface area contributed by atoms with E-state index in [0.717, 1.165) is 18.0 Å². The minimum absolute atomic E-state index is 0.755. The Balaban J connectivity index is 2.30. The second-order valence-electron chi connectivity index (χ2n) is 1.99. The van der Waals surface area contributed by atoms with Crippen molar-refractivity contribution in [2.24, 2.45) is 0 Å². The Kier molecular flexibility index (Phi) is 3.67. The number of rotatable bonds is 2. The highest BCUT2D eigenvalue weighted by Gasteiger charge is 1.88. The van der Waals surface area contributed by atoms with E-state index < -0.39 is 0 Å². The van der Waals surface area contributed by atoms with Gasteiger partial charge in [0, 0.05) is 11.6 Å². The summed E-state index contributed by atoms with van der Waals surface area (Å²) < 4.78 is 0. The molecule has 0 bridgehead atoms. The molecule has 0 fully saturated rings. The van der Waals surface area contributed by atoms with Gasteiger partial charge in [0.1, 0.15) is 5.01 Å². The van der Waals surface area contributed by atoms with Crippen molar-refractivity contribution < 1.29 is 0 Å². The Labute approximate surface area is 70.7 Å². The topological polar surface area (TPSA) is 24.9 Å². The van der Waals surface area contributed by atoms with Crippen LogP contribution >= 0.6 is 11.3 Å². The second kappa shape index (κ2) is 4.89. The second-order valence-corrected chi connectivity index (χ2v) is 2.97. The highest BCUT2D eigenvalue weighted by atomic mass is 32.1. The zero-order valence-corrected chi connectivity index (χ0v) is 7.24. The van der Waals surface area contributed by atoms with Crippen molar-refractivity contribution in [3.05, 3.63) is 16.6 Å². The summed E-state index contributed by atoms with van der Waals surface area (Å²) in [6.07, 6.45) is 2.58. The summed E-state index contributed by atoms with van der Waals surface area (Å²) in [6, 6.07) is 0. The summed E-state index contributed by atoms with van der Waals surface area (Å²) in [5.74, 6) is 6.00. The Morgan fingerprint density at radius 3 is 3.18 bits per heavy atom. The minimum Gasteiger partial charge on any atom is -0.309 e. The van der Waals surface area contributed by atoms with Crippen molar-refractivity contribution in [3.8, 4) is 11.8 Å². The minimum atomic E-state index is 0.755. The van der Waals surface area contributed by atoms with Crippen molar-refractivity contribution in [1.29, 1.82) is 0 Å². The first-order chi connectivity index (χ1) is 5.43. The molecule has 0 aliphatic carbocycles. The van der Waals surface area contributed by atoms with E-state index in [9.17, 15) is 0 Å². The largest absolute Gasteiger partial charge is 0.309 e. The predicted molar refractivity (Wildman–Crippen MR) is 47.5 cm³/mol. The molecule has 0 radical (unpaired) electrons. The fourth-order valence-corrected chi connectivity index (χ4v) is 1.19. The number of thiazole rings is 1. The third kappa shape index (κ3) is 3.17.